The molecule has 2 amide bonds. The molecule has 3 rings (SSSR count). The zero-order valence-electron chi connectivity index (χ0n) is 13.1. The van der Waals surface area contributed by atoms with Crippen LogP contribution in [0.15, 0.2) is 24.3 Å². The Morgan fingerprint density at radius 2 is 1.78 bits per heavy atom. The van der Waals surface area contributed by atoms with E-state index in [9.17, 15) is 14.7 Å². The number of aliphatic hydroxyl groups excluding tert-OH is 1. The summed E-state index contributed by atoms with van der Waals surface area (Å²) in [7, 11) is 0. The second-order valence-electron chi connectivity index (χ2n) is 6.34. The fourth-order valence-electron chi connectivity index (χ4n) is 3.59. The number of carbonyl (C=O) groups excluding carboxylic acids is 2. The first-order valence-electron chi connectivity index (χ1n) is 8.17. The van der Waals surface area contributed by atoms with Crippen LogP contribution in [-0.2, 0) is 0 Å². The van der Waals surface area contributed by atoms with Gasteiger partial charge in [0.2, 0.25) is 5.91 Å². The van der Waals surface area contributed by atoms with E-state index in [1.54, 1.807) is 29.2 Å². The fraction of sp³-hybridized carbons (Fsp3) is 0.529. The summed E-state index contributed by atoms with van der Waals surface area (Å²) in [5, 5.41) is 10.0. The van der Waals surface area contributed by atoms with Gasteiger partial charge in [0.15, 0.2) is 0 Å². The molecule has 1 aromatic carbocycles. The third-order valence-corrected chi connectivity index (χ3v) is 4.91. The van der Waals surface area contributed by atoms with E-state index in [0.717, 1.165) is 32.4 Å². The maximum Gasteiger partial charge on any atom is 0.253 e. The lowest BCUT2D eigenvalue weighted by Crippen LogP contribution is -2.53. The Hall–Kier alpha value is -1.92. The number of amides is 2. The van der Waals surface area contributed by atoms with E-state index in [-0.39, 0.29) is 18.1 Å². The molecule has 23 heavy (non-hydrogen) atoms. The molecule has 0 radical (unpaired) electrons. The van der Waals surface area contributed by atoms with Crippen LogP contribution in [-0.4, -0.2) is 65.0 Å². The minimum Gasteiger partial charge on any atom is -0.391 e. The summed E-state index contributed by atoms with van der Waals surface area (Å²) < 4.78 is 0. The molecule has 0 bridgehead atoms. The molecule has 1 aliphatic heterocycles. The largest absolute Gasteiger partial charge is 0.391 e. The van der Waals surface area contributed by atoms with Crippen molar-refractivity contribution in [2.75, 3.05) is 26.2 Å². The van der Waals surface area contributed by atoms with Gasteiger partial charge in [-0.05, 0) is 37.5 Å². The van der Waals surface area contributed by atoms with Crippen LogP contribution in [0.5, 0.6) is 0 Å². The van der Waals surface area contributed by atoms with E-state index in [4.69, 9.17) is 5.73 Å². The molecule has 0 aromatic heterocycles. The number of hydrogen-bond donors (Lipinski definition) is 2. The van der Waals surface area contributed by atoms with Crippen LogP contribution in [0.4, 0.5) is 0 Å². The molecule has 3 N–H and O–H groups in total. The van der Waals surface area contributed by atoms with Crippen LogP contribution in [0.3, 0.4) is 0 Å². The summed E-state index contributed by atoms with van der Waals surface area (Å²) in [4.78, 5) is 27.9. The molecular weight excluding hydrogens is 294 g/mol. The number of rotatable bonds is 3. The second-order valence-corrected chi connectivity index (χ2v) is 6.34. The Morgan fingerprint density at radius 1 is 1.09 bits per heavy atom. The van der Waals surface area contributed by atoms with Gasteiger partial charge in [0.1, 0.15) is 0 Å². The highest BCUT2D eigenvalue weighted by Crippen LogP contribution is 2.25. The van der Waals surface area contributed by atoms with Gasteiger partial charge in [-0.1, -0.05) is 6.07 Å². The first kappa shape index (κ1) is 16.0. The Morgan fingerprint density at radius 3 is 2.39 bits per heavy atom. The summed E-state index contributed by atoms with van der Waals surface area (Å²) in [5.41, 5.74) is 6.11. The minimum atomic E-state index is -0.528. The highest BCUT2D eigenvalue weighted by atomic mass is 16.3. The fourth-order valence-corrected chi connectivity index (χ4v) is 3.59. The van der Waals surface area contributed by atoms with Crippen LogP contribution in [0.1, 0.15) is 40.0 Å². The number of primary amides is 1. The molecule has 1 aliphatic carbocycles. The summed E-state index contributed by atoms with van der Waals surface area (Å²) >= 11 is 0. The third kappa shape index (κ3) is 3.38. The number of hydrogen-bond acceptors (Lipinski definition) is 4. The molecule has 6 heteroatoms. The Bertz CT molecular complexity index is 597. The predicted octanol–water partition coefficient (Wildman–Crippen LogP) is 0.457. The average Bonchev–Trinajstić information content (AvgIpc) is 3.00. The van der Waals surface area contributed by atoms with Gasteiger partial charge in [-0.2, -0.15) is 0 Å². The van der Waals surface area contributed by atoms with E-state index < -0.39 is 5.91 Å². The first-order chi connectivity index (χ1) is 11.1. The number of nitrogens with zero attached hydrogens (tertiary/aromatic N) is 2. The van der Waals surface area contributed by atoms with Crippen molar-refractivity contribution >= 4 is 11.8 Å². The van der Waals surface area contributed by atoms with Gasteiger partial charge < -0.3 is 15.7 Å². The van der Waals surface area contributed by atoms with Crippen LogP contribution in [0.25, 0.3) is 0 Å². The highest BCUT2D eigenvalue weighted by Gasteiger charge is 2.33. The van der Waals surface area contributed by atoms with Crippen molar-refractivity contribution in [1.82, 2.24) is 9.80 Å². The molecule has 2 atom stereocenters. The molecule has 2 aliphatic rings. The average molecular weight is 317 g/mol. The summed E-state index contributed by atoms with van der Waals surface area (Å²) in [6.07, 6.45) is 2.76. The SMILES string of the molecule is NC(=O)c1cccc(C(=O)N2CCN([C@H]3CCC[C@@H]3O)CC2)c1. The topological polar surface area (TPSA) is 86.9 Å². The monoisotopic (exact) mass is 317 g/mol. The normalized spacial score (nSPS) is 25.5. The van der Waals surface area contributed by atoms with E-state index >= 15 is 0 Å². The standard InChI is InChI=1S/C17H23N3O3/c18-16(22)12-3-1-4-13(11-12)17(23)20-9-7-19(8-10-20)14-5-2-6-15(14)21/h1,3-4,11,14-15,21H,2,5-10H2,(H2,18,22)/t14-,15-/m0/s1. The summed E-state index contributed by atoms with van der Waals surface area (Å²) in [6, 6.07) is 6.79. The summed E-state index contributed by atoms with van der Waals surface area (Å²) in [5.74, 6) is -0.598. The number of benzene rings is 1. The highest BCUT2D eigenvalue weighted by molar-refractivity contribution is 5.99. The van der Waals surface area contributed by atoms with E-state index in [0.29, 0.717) is 24.2 Å². The molecule has 1 saturated heterocycles. The minimum absolute atomic E-state index is 0.0697. The number of aliphatic hydroxyl groups is 1. The van der Waals surface area contributed by atoms with Crippen molar-refractivity contribution in [2.24, 2.45) is 5.73 Å². The molecule has 6 nitrogen and oxygen atoms in total. The molecule has 124 valence electrons. The number of piperazine rings is 1. The lowest BCUT2D eigenvalue weighted by Gasteiger charge is -2.39. The van der Waals surface area contributed by atoms with Gasteiger partial charge in [0, 0.05) is 43.3 Å². The molecule has 1 aromatic rings. The van der Waals surface area contributed by atoms with Crippen LogP contribution in [0, 0.1) is 0 Å². The third-order valence-electron chi connectivity index (χ3n) is 4.91. The molecule has 2 fully saturated rings. The van der Waals surface area contributed by atoms with E-state index in [1.165, 1.54) is 0 Å². The molecule has 1 saturated carbocycles. The van der Waals surface area contributed by atoms with Gasteiger partial charge in [-0.15, -0.1) is 0 Å². The van der Waals surface area contributed by atoms with Crippen molar-refractivity contribution in [2.45, 2.75) is 31.4 Å². The molecular formula is C17H23N3O3. The smallest absolute Gasteiger partial charge is 0.253 e. The van der Waals surface area contributed by atoms with E-state index in [1.807, 2.05) is 0 Å². The van der Waals surface area contributed by atoms with Crippen molar-refractivity contribution in [1.29, 1.82) is 0 Å². The van der Waals surface area contributed by atoms with Crippen molar-refractivity contribution in [3.05, 3.63) is 35.4 Å². The van der Waals surface area contributed by atoms with Gasteiger partial charge in [-0.3, -0.25) is 14.5 Å². The first-order valence-corrected chi connectivity index (χ1v) is 8.17. The van der Waals surface area contributed by atoms with Gasteiger partial charge in [0.05, 0.1) is 6.10 Å². The van der Waals surface area contributed by atoms with Gasteiger partial charge in [-0.25, -0.2) is 0 Å². The maximum absolute atomic E-state index is 12.6. The predicted molar refractivity (Wildman–Crippen MR) is 86.1 cm³/mol. The zero-order valence-corrected chi connectivity index (χ0v) is 13.1. The lowest BCUT2D eigenvalue weighted by atomic mass is 10.1. The van der Waals surface area contributed by atoms with Crippen molar-refractivity contribution in [3.63, 3.8) is 0 Å². The van der Waals surface area contributed by atoms with Crippen LogP contribution in [0.2, 0.25) is 0 Å². The molecule has 0 spiro atoms. The van der Waals surface area contributed by atoms with Crippen LogP contribution >= 0.6 is 0 Å². The van der Waals surface area contributed by atoms with E-state index in [2.05, 4.69) is 4.90 Å². The summed E-state index contributed by atoms with van der Waals surface area (Å²) in [6.45, 7) is 2.84. The van der Waals surface area contributed by atoms with Crippen molar-refractivity contribution in [3.8, 4) is 0 Å². The Labute approximate surface area is 135 Å². The Kier molecular flexibility index (Phi) is 4.63. The van der Waals surface area contributed by atoms with Gasteiger partial charge >= 0.3 is 0 Å². The van der Waals surface area contributed by atoms with Crippen molar-refractivity contribution < 1.29 is 14.7 Å². The van der Waals surface area contributed by atoms with Gasteiger partial charge in [0.25, 0.3) is 5.91 Å². The maximum atomic E-state index is 12.6. The lowest BCUT2D eigenvalue weighted by molar-refractivity contribution is 0.0315. The zero-order chi connectivity index (χ0) is 16.4. The van der Waals surface area contributed by atoms with Crippen LogP contribution < -0.4 is 5.73 Å². The molecule has 1 heterocycles. The second kappa shape index (κ2) is 6.68. The quantitative estimate of drug-likeness (QED) is 0.848. The Balaban J connectivity index is 1.62. The number of carbonyl (C=O) groups is 2. The number of nitrogens with two attached hydrogens (primary N) is 1. The molecule has 0 unspecified atom stereocenters.